The minimum absolute atomic E-state index is 0.0263. The highest BCUT2D eigenvalue weighted by Crippen LogP contribution is 2.41. The van der Waals surface area contributed by atoms with Crippen LogP contribution in [0.2, 0.25) is 5.02 Å². The molecule has 2 heterocycles. The van der Waals surface area contributed by atoms with Crippen LogP contribution in [0.3, 0.4) is 0 Å². The third-order valence-electron chi connectivity index (χ3n) is 4.67. The van der Waals surface area contributed by atoms with Crippen LogP contribution in [0.25, 0.3) is 0 Å². The zero-order valence-electron chi connectivity index (χ0n) is 14.1. The summed E-state index contributed by atoms with van der Waals surface area (Å²) < 4.78 is 50.0. The van der Waals surface area contributed by atoms with Crippen LogP contribution in [0.1, 0.15) is 22.3 Å². The number of benzene rings is 2. The molecule has 27 heavy (non-hydrogen) atoms. The van der Waals surface area contributed by atoms with Gasteiger partial charge in [0.25, 0.3) is 0 Å². The van der Waals surface area contributed by atoms with E-state index in [-0.39, 0.29) is 17.1 Å². The Bertz CT molecular complexity index is 895. The first kappa shape index (κ1) is 18.0. The van der Waals surface area contributed by atoms with Gasteiger partial charge in [0.15, 0.2) is 0 Å². The molecule has 2 aromatic rings. The Kier molecular flexibility index (Phi) is 4.42. The average molecular weight is 398 g/mol. The third kappa shape index (κ3) is 3.43. The second kappa shape index (κ2) is 6.64. The summed E-state index contributed by atoms with van der Waals surface area (Å²) in [4.78, 5) is 12.5. The van der Waals surface area contributed by atoms with Crippen LogP contribution in [0.5, 0.6) is 11.5 Å². The maximum Gasteiger partial charge on any atom is 0.416 e. The predicted molar refractivity (Wildman–Crippen MR) is 93.6 cm³/mol. The summed E-state index contributed by atoms with van der Waals surface area (Å²) in [7, 11) is 0. The Morgan fingerprint density at radius 3 is 2.70 bits per heavy atom. The van der Waals surface area contributed by atoms with Gasteiger partial charge < -0.3 is 14.8 Å². The molecule has 1 amide bonds. The molecule has 0 radical (unpaired) electrons. The van der Waals surface area contributed by atoms with Crippen molar-refractivity contribution in [3.8, 4) is 11.5 Å². The molecule has 0 saturated carbocycles. The Balaban J connectivity index is 1.60. The van der Waals surface area contributed by atoms with Crippen LogP contribution in [0.4, 0.5) is 18.9 Å². The fourth-order valence-corrected chi connectivity index (χ4v) is 3.59. The van der Waals surface area contributed by atoms with Crippen molar-refractivity contribution < 1.29 is 27.4 Å². The van der Waals surface area contributed by atoms with Crippen molar-refractivity contribution in [3.05, 3.63) is 51.5 Å². The molecule has 4 rings (SSSR count). The van der Waals surface area contributed by atoms with Gasteiger partial charge in [-0.05, 0) is 24.3 Å². The summed E-state index contributed by atoms with van der Waals surface area (Å²) in [5, 5.41) is 2.53. The lowest BCUT2D eigenvalue weighted by Crippen LogP contribution is -2.17. The van der Waals surface area contributed by atoms with E-state index in [4.69, 9.17) is 21.1 Å². The zero-order valence-corrected chi connectivity index (χ0v) is 14.8. The van der Waals surface area contributed by atoms with Gasteiger partial charge in [-0.15, -0.1) is 0 Å². The monoisotopic (exact) mass is 397 g/mol. The van der Waals surface area contributed by atoms with Crippen LogP contribution in [-0.4, -0.2) is 19.1 Å². The fraction of sp³-hybridized carbons (Fsp3) is 0.316. The standard InChI is InChI=1S/C19H15ClF3NO3/c20-14-2-1-11(19(21,22)23)8-15(14)24-17(25)9-13-12-4-6-26-16(12)7-10-3-5-27-18(10)13/h1-2,7-8H,3-6,9H2,(H,24,25). The number of carbonyl (C=O) groups is 1. The SMILES string of the molecule is O=C(Cc1c2c(cc3c1OCC3)OCC2)Nc1cc(C(F)(F)F)ccc1Cl. The van der Waals surface area contributed by atoms with Crippen LogP contribution < -0.4 is 14.8 Å². The number of carbonyl (C=O) groups excluding carboxylic acids is 1. The summed E-state index contributed by atoms with van der Waals surface area (Å²) in [6.07, 6.45) is -3.14. The van der Waals surface area contributed by atoms with Crippen LogP contribution in [-0.2, 0) is 30.2 Å². The average Bonchev–Trinajstić information content (AvgIpc) is 3.24. The van der Waals surface area contributed by atoms with E-state index in [1.54, 1.807) is 0 Å². The molecule has 0 aliphatic carbocycles. The number of amides is 1. The lowest BCUT2D eigenvalue weighted by Gasteiger charge is -2.14. The first-order chi connectivity index (χ1) is 12.8. The second-order valence-corrected chi connectivity index (χ2v) is 6.84. The molecule has 0 spiro atoms. The minimum atomic E-state index is -4.52. The van der Waals surface area contributed by atoms with E-state index < -0.39 is 17.6 Å². The third-order valence-corrected chi connectivity index (χ3v) is 4.99. The smallest absolute Gasteiger partial charge is 0.416 e. The molecule has 0 atom stereocenters. The van der Waals surface area contributed by atoms with Gasteiger partial charge in [0.1, 0.15) is 11.5 Å². The molecule has 0 bridgehead atoms. The fourth-order valence-electron chi connectivity index (χ4n) is 3.42. The molecular weight excluding hydrogens is 383 g/mol. The van der Waals surface area contributed by atoms with Crippen molar-refractivity contribution >= 4 is 23.2 Å². The number of alkyl halides is 3. The van der Waals surface area contributed by atoms with Crippen molar-refractivity contribution in [1.82, 2.24) is 0 Å². The largest absolute Gasteiger partial charge is 0.493 e. The van der Waals surface area contributed by atoms with Gasteiger partial charge >= 0.3 is 6.18 Å². The molecule has 2 aromatic carbocycles. The highest BCUT2D eigenvalue weighted by molar-refractivity contribution is 6.33. The van der Waals surface area contributed by atoms with Gasteiger partial charge in [-0.2, -0.15) is 13.2 Å². The van der Waals surface area contributed by atoms with Crippen molar-refractivity contribution in [2.24, 2.45) is 0 Å². The number of ether oxygens (including phenoxy) is 2. The Hall–Kier alpha value is -2.41. The lowest BCUT2D eigenvalue weighted by atomic mass is 9.97. The van der Waals surface area contributed by atoms with Gasteiger partial charge in [0, 0.05) is 29.5 Å². The molecule has 0 fully saturated rings. The first-order valence-corrected chi connectivity index (χ1v) is 8.80. The quantitative estimate of drug-likeness (QED) is 0.834. The minimum Gasteiger partial charge on any atom is -0.493 e. The maximum atomic E-state index is 12.9. The highest BCUT2D eigenvalue weighted by Gasteiger charge is 2.31. The van der Waals surface area contributed by atoms with Crippen molar-refractivity contribution in [3.63, 3.8) is 0 Å². The summed E-state index contributed by atoms with van der Waals surface area (Å²) in [6, 6.07) is 4.77. The number of anilines is 1. The van der Waals surface area contributed by atoms with E-state index in [1.165, 1.54) is 0 Å². The Morgan fingerprint density at radius 1 is 1.15 bits per heavy atom. The van der Waals surface area contributed by atoms with E-state index in [1.807, 2.05) is 6.07 Å². The van der Waals surface area contributed by atoms with E-state index in [2.05, 4.69) is 5.32 Å². The number of nitrogens with one attached hydrogen (secondary N) is 1. The number of halogens is 4. The Labute approximate surface area is 158 Å². The molecule has 0 aromatic heterocycles. The molecule has 0 unspecified atom stereocenters. The van der Waals surface area contributed by atoms with Crippen molar-refractivity contribution in [2.75, 3.05) is 18.5 Å². The van der Waals surface area contributed by atoms with E-state index in [0.29, 0.717) is 25.4 Å². The number of rotatable bonds is 3. The van der Waals surface area contributed by atoms with Gasteiger partial charge in [-0.1, -0.05) is 11.6 Å². The van der Waals surface area contributed by atoms with Gasteiger partial charge in [-0.3, -0.25) is 4.79 Å². The van der Waals surface area contributed by atoms with Crippen LogP contribution in [0, 0.1) is 0 Å². The molecule has 2 aliphatic rings. The summed E-state index contributed by atoms with van der Waals surface area (Å²) in [6.45, 7) is 1.07. The molecule has 142 valence electrons. The molecule has 0 saturated heterocycles. The Morgan fingerprint density at radius 2 is 1.93 bits per heavy atom. The lowest BCUT2D eigenvalue weighted by molar-refractivity contribution is -0.137. The van der Waals surface area contributed by atoms with Crippen molar-refractivity contribution in [1.29, 1.82) is 0 Å². The van der Waals surface area contributed by atoms with E-state index in [0.717, 1.165) is 47.1 Å². The molecule has 4 nitrogen and oxygen atoms in total. The number of hydrogen-bond donors (Lipinski definition) is 1. The van der Waals surface area contributed by atoms with E-state index >= 15 is 0 Å². The van der Waals surface area contributed by atoms with Gasteiger partial charge in [0.05, 0.1) is 35.9 Å². The number of fused-ring (bicyclic) bond motifs is 2. The van der Waals surface area contributed by atoms with Gasteiger partial charge in [0.2, 0.25) is 5.91 Å². The maximum absolute atomic E-state index is 12.9. The zero-order chi connectivity index (χ0) is 19.2. The summed E-state index contributed by atoms with van der Waals surface area (Å²) in [5.74, 6) is 0.970. The highest BCUT2D eigenvalue weighted by atomic mass is 35.5. The normalized spacial score (nSPS) is 15.0. The molecule has 1 N–H and O–H groups in total. The molecule has 8 heteroatoms. The summed E-state index contributed by atoms with van der Waals surface area (Å²) >= 11 is 5.95. The second-order valence-electron chi connectivity index (χ2n) is 6.43. The van der Waals surface area contributed by atoms with Crippen LogP contribution in [0.15, 0.2) is 24.3 Å². The first-order valence-electron chi connectivity index (χ1n) is 8.43. The van der Waals surface area contributed by atoms with E-state index in [9.17, 15) is 18.0 Å². The molecule has 2 aliphatic heterocycles. The predicted octanol–water partition coefficient (Wildman–Crippen LogP) is 4.41. The van der Waals surface area contributed by atoms with Crippen LogP contribution >= 0.6 is 11.6 Å². The van der Waals surface area contributed by atoms with Crippen molar-refractivity contribution in [2.45, 2.75) is 25.4 Å². The topological polar surface area (TPSA) is 47.6 Å². The number of hydrogen-bond acceptors (Lipinski definition) is 3. The van der Waals surface area contributed by atoms with Gasteiger partial charge in [-0.25, -0.2) is 0 Å². The summed E-state index contributed by atoms with van der Waals surface area (Å²) in [5.41, 5.74) is 1.69. The molecular formula is C19H15ClF3NO3.